The molecule has 2 bridgehead atoms. The van der Waals surface area contributed by atoms with Crippen LogP contribution in [0.3, 0.4) is 0 Å². The van der Waals surface area contributed by atoms with Crippen molar-refractivity contribution in [2.45, 2.75) is 94.8 Å². The third-order valence-corrected chi connectivity index (χ3v) is 14.9. The van der Waals surface area contributed by atoms with E-state index in [-0.39, 0.29) is 23.6 Å². The van der Waals surface area contributed by atoms with Crippen molar-refractivity contribution in [3.63, 3.8) is 0 Å². The molecule has 9 rings (SSSR count). The molecule has 6 heterocycles. The molecule has 0 aliphatic carbocycles. The summed E-state index contributed by atoms with van der Waals surface area (Å²) in [5, 5.41) is 8.76. The van der Waals surface area contributed by atoms with Crippen LogP contribution in [0.15, 0.2) is 77.8 Å². The SMILES string of the molecule is Cc1cnc(Nc2ccc(OCCN3CCC(CN4CC5CCC(C4)N5c4ccc5c(c4)C(=O)N(C4CCC(=O)NC4=O)C5=O)CC3)cc2)nc1Nc1cccc(S(=O)(=O)NC(C)(C)C)c1. The summed E-state index contributed by atoms with van der Waals surface area (Å²) in [5.74, 6) is 0.426. The minimum absolute atomic E-state index is 0.0953. The highest BCUT2D eigenvalue weighted by molar-refractivity contribution is 7.89. The Labute approximate surface area is 385 Å². The Morgan fingerprint density at radius 3 is 2.26 bits per heavy atom. The number of nitrogens with one attached hydrogen (secondary N) is 4. The fraction of sp³-hybridized carbons (Fsp3) is 0.458. The number of carbonyl (C=O) groups is 4. The largest absolute Gasteiger partial charge is 0.492 e. The van der Waals surface area contributed by atoms with Crippen molar-refractivity contribution in [1.82, 2.24) is 34.7 Å². The normalized spacial score (nSPS) is 21.8. The summed E-state index contributed by atoms with van der Waals surface area (Å²) < 4.78 is 34.7. The van der Waals surface area contributed by atoms with Crippen LogP contribution in [-0.4, -0.2) is 126 Å². The first-order valence-corrected chi connectivity index (χ1v) is 24.4. The van der Waals surface area contributed by atoms with Gasteiger partial charge in [-0.05, 0) is 139 Å². The number of hydrogen-bond acceptors (Lipinski definition) is 14. The average Bonchev–Trinajstić information content (AvgIpc) is 3.69. The van der Waals surface area contributed by atoms with Crippen LogP contribution in [0, 0.1) is 12.8 Å². The number of benzene rings is 3. The lowest BCUT2D eigenvalue weighted by molar-refractivity contribution is -0.136. The van der Waals surface area contributed by atoms with Gasteiger partial charge in [-0.25, -0.2) is 18.1 Å². The molecule has 3 unspecified atom stereocenters. The van der Waals surface area contributed by atoms with E-state index in [2.05, 4.69) is 45.3 Å². The van der Waals surface area contributed by atoms with Crippen LogP contribution >= 0.6 is 0 Å². The van der Waals surface area contributed by atoms with E-state index >= 15 is 0 Å². The molecule has 5 aliphatic rings. The lowest BCUT2D eigenvalue weighted by atomic mass is 9.95. The van der Waals surface area contributed by atoms with E-state index < -0.39 is 39.3 Å². The zero-order valence-corrected chi connectivity index (χ0v) is 38.7. The van der Waals surface area contributed by atoms with Crippen LogP contribution in [0.25, 0.3) is 0 Å². The Kier molecular flexibility index (Phi) is 12.6. The minimum atomic E-state index is -3.70. The molecule has 1 aromatic heterocycles. The molecule has 0 spiro atoms. The maximum Gasteiger partial charge on any atom is 0.262 e. The van der Waals surface area contributed by atoms with Crippen LogP contribution in [0.1, 0.15) is 85.6 Å². The number of anilines is 5. The number of amides is 4. The van der Waals surface area contributed by atoms with E-state index in [0.29, 0.717) is 53.2 Å². The maximum atomic E-state index is 13.5. The van der Waals surface area contributed by atoms with E-state index in [9.17, 15) is 27.6 Å². The molecule has 4 saturated heterocycles. The van der Waals surface area contributed by atoms with Gasteiger partial charge in [-0.15, -0.1) is 0 Å². The number of sulfonamides is 1. The summed E-state index contributed by atoms with van der Waals surface area (Å²) in [6, 6.07) is 19.5. The summed E-state index contributed by atoms with van der Waals surface area (Å²) in [7, 11) is -3.70. The molecule has 0 radical (unpaired) electrons. The number of carbonyl (C=O) groups excluding carboxylic acids is 4. The third kappa shape index (κ3) is 9.91. The van der Waals surface area contributed by atoms with Crippen LogP contribution in [0.4, 0.5) is 28.8 Å². The van der Waals surface area contributed by atoms with Crippen molar-refractivity contribution in [2.24, 2.45) is 5.92 Å². The monoisotopic (exact) mass is 918 g/mol. The van der Waals surface area contributed by atoms with Gasteiger partial charge in [-0.2, -0.15) is 4.98 Å². The quantitative estimate of drug-likeness (QED) is 0.121. The van der Waals surface area contributed by atoms with E-state index in [1.807, 2.05) is 43.3 Å². The lowest BCUT2D eigenvalue weighted by Crippen LogP contribution is -2.55. The van der Waals surface area contributed by atoms with E-state index in [1.165, 1.54) is 0 Å². The number of likely N-dealkylation sites (tertiary alicyclic amines) is 2. The van der Waals surface area contributed by atoms with Gasteiger partial charge in [-0.1, -0.05) is 6.07 Å². The first-order valence-electron chi connectivity index (χ1n) is 22.9. The highest BCUT2D eigenvalue weighted by Crippen LogP contribution is 2.38. The average molecular weight is 919 g/mol. The summed E-state index contributed by atoms with van der Waals surface area (Å²) in [4.78, 5) is 68.8. The zero-order valence-electron chi connectivity index (χ0n) is 37.9. The summed E-state index contributed by atoms with van der Waals surface area (Å²) in [6.07, 6.45) is 6.39. The second kappa shape index (κ2) is 18.4. The van der Waals surface area contributed by atoms with Gasteiger partial charge < -0.3 is 20.3 Å². The molecule has 18 heteroatoms. The number of piperidine rings is 2. The second-order valence-corrected chi connectivity index (χ2v) is 20.9. The Bertz CT molecular complexity index is 2620. The second-order valence-electron chi connectivity index (χ2n) is 19.2. The van der Waals surface area contributed by atoms with E-state index in [0.717, 1.165) is 92.5 Å². The first-order chi connectivity index (χ1) is 31.6. The highest BCUT2D eigenvalue weighted by atomic mass is 32.2. The van der Waals surface area contributed by atoms with Crippen LogP contribution in [0.2, 0.25) is 0 Å². The predicted molar refractivity (Wildman–Crippen MR) is 250 cm³/mol. The molecular weight excluding hydrogens is 861 g/mol. The Morgan fingerprint density at radius 2 is 1.55 bits per heavy atom. The summed E-state index contributed by atoms with van der Waals surface area (Å²) in [6.45, 7) is 13.8. The Morgan fingerprint density at radius 1 is 0.818 bits per heavy atom. The standard InChI is InChI=1S/C48H58N10O7S/c1-30-26-49-47(53-43(30)50-33-6-5-7-38(24-33)66(63,64)54-48(2,3)4)51-32-8-13-37(14-9-32)65-23-22-55-20-18-31(19-21-55)27-56-28-35-10-11-36(29-56)57(35)34-12-15-39-40(25-34)46(62)58(45(39)61)41-16-17-42(59)52-44(41)60/h5-9,12-15,24-26,31,35-36,41,54H,10-11,16-23,27-29H2,1-4H3,(H,52,59,60)(H2,49,50,51,53). The molecule has 348 valence electrons. The molecule has 4 amide bonds. The lowest BCUT2D eigenvalue weighted by Gasteiger charge is -2.44. The minimum Gasteiger partial charge on any atom is -0.492 e. The molecule has 4 aromatic rings. The number of aryl methyl sites for hydroxylation is 1. The number of aromatic nitrogens is 2. The smallest absolute Gasteiger partial charge is 0.262 e. The number of ether oxygens (including phenoxy) is 1. The van der Waals surface area contributed by atoms with Crippen molar-refractivity contribution in [1.29, 1.82) is 0 Å². The zero-order chi connectivity index (χ0) is 46.3. The van der Waals surface area contributed by atoms with Gasteiger partial charge in [0.25, 0.3) is 11.8 Å². The van der Waals surface area contributed by atoms with Gasteiger partial charge in [0.05, 0.1) is 16.0 Å². The van der Waals surface area contributed by atoms with Crippen molar-refractivity contribution in [3.05, 3.63) is 89.6 Å². The molecule has 3 atom stereocenters. The molecule has 5 aliphatic heterocycles. The van der Waals surface area contributed by atoms with E-state index in [1.54, 1.807) is 57.3 Å². The molecule has 4 fully saturated rings. The number of nitrogens with zero attached hydrogens (tertiary/aromatic N) is 6. The fourth-order valence-corrected chi connectivity index (χ4v) is 11.4. The molecule has 17 nitrogen and oxygen atoms in total. The van der Waals surface area contributed by atoms with Gasteiger partial charge >= 0.3 is 0 Å². The molecule has 3 aromatic carbocycles. The summed E-state index contributed by atoms with van der Waals surface area (Å²) in [5.41, 5.74) is 3.17. The van der Waals surface area contributed by atoms with Crippen molar-refractivity contribution < 1.29 is 32.3 Å². The topological polar surface area (TPSA) is 199 Å². The number of piperazine rings is 1. The highest BCUT2D eigenvalue weighted by Gasteiger charge is 2.46. The van der Waals surface area contributed by atoms with Crippen LogP contribution < -0.4 is 30.3 Å². The van der Waals surface area contributed by atoms with Crippen molar-refractivity contribution in [2.75, 3.05) is 61.4 Å². The molecular formula is C48H58N10O7S. The number of imide groups is 2. The number of rotatable bonds is 14. The Balaban J connectivity index is 0.707. The molecule has 0 saturated carbocycles. The number of fused-ring (bicyclic) bond motifs is 3. The van der Waals surface area contributed by atoms with E-state index in [4.69, 9.17) is 4.74 Å². The van der Waals surface area contributed by atoms with Gasteiger partial charge in [0.15, 0.2) is 0 Å². The molecule has 4 N–H and O–H groups in total. The third-order valence-electron chi connectivity index (χ3n) is 13.1. The van der Waals surface area contributed by atoms with Gasteiger partial charge in [-0.3, -0.25) is 39.2 Å². The maximum absolute atomic E-state index is 13.5. The van der Waals surface area contributed by atoms with Crippen molar-refractivity contribution in [3.8, 4) is 5.75 Å². The van der Waals surface area contributed by atoms with Crippen LogP contribution in [0.5, 0.6) is 5.75 Å². The fourth-order valence-electron chi connectivity index (χ4n) is 9.96. The Hall–Kier alpha value is -5.95. The predicted octanol–water partition coefficient (Wildman–Crippen LogP) is 5.19. The van der Waals surface area contributed by atoms with Gasteiger partial charge in [0.2, 0.25) is 27.8 Å². The van der Waals surface area contributed by atoms with Crippen molar-refractivity contribution >= 4 is 62.5 Å². The number of hydrogen-bond donors (Lipinski definition) is 4. The molecule has 66 heavy (non-hydrogen) atoms. The van der Waals surface area contributed by atoms with Crippen LogP contribution in [-0.2, 0) is 19.6 Å². The van der Waals surface area contributed by atoms with Gasteiger partial charge in [0, 0.05) is 79.0 Å². The van der Waals surface area contributed by atoms with Gasteiger partial charge in [0.1, 0.15) is 24.2 Å². The first kappa shape index (κ1) is 45.2. The summed E-state index contributed by atoms with van der Waals surface area (Å²) >= 11 is 0.